The third kappa shape index (κ3) is 2.41. The Balaban J connectivity index is 2.12. The zero-order chi connectivity index (χ0) is 15.0. The number of para-hydroxylation sites is 1. The number of carbonyl (C=O) groups excluding carboxylic acids is 1. The monoisotopic (exact) mass is 300 g/mol. The summed E-state index contributed by atoms with van der Waals surface area (Å²) in [6, 6.07) is 12.6. The van der Waals surface area contributed by atoms with Gasteiger partial charge in [-0.05, 0) is 31.2 Å². The van der Waals surface area contributed by atoms with E-state index in [1.165, 1.54) is 7.11 Å². The fraction of sp³-hybridized carbons (Fsp3) is 0.118. The quantitative estimate of drug-likeness (QED) is 0.662. The summed E-state index contributed by atoms with van der Waals surface area (Å²) in [7, 11) is 1.54. The lowest BCUT2D eigenvalue weighted by molar-refractivity contribution is 0.101. The second kappa shape index (κ2) is 5.26. The number of aryl methyl sites for hydroxylation is 1. The lowest BCUT2D eigenvalue weighted by atomic mass is 10.0. The molecule has 21 heavy (non-hydrogen) atoms. The number of rotatable bonds is 3. The van der Waals surface area contributed by atoms with Gasteiger partial charge in [0.2, 0.25) is 5.78 Å². The van der Waals surface area contributed by atoms with Crippen LogP contribution in [0.15, 0.2) is 46.9 Å². The Morgan fingerprint density at radius 1 is 1.19 bits per heavy atom. The lowest BCUT2D eigenvalue weighted by Crippen LogP contribution is -2.03. The molecule has 0 aliphatic heterocycles. The van der Waals surface area contributed by atoms with Gasteiger partial charge in [0.25, 0.3) is 0 Å². The van der Waals surface area contributed by atoms with Crippen LogP contribution in [0.25, 0.3) is 11.0 Å². The second-order valence-electron chi connectivity index (χ2n) is 4.80. The maximum atomic E-state index is 12.6. The number of hydrogen-bond acceptors (Lipinski definition) is 3. The van der Waals surface area contributed by atoms with Crippen molar-refractivity contribution in [3.8, 4) is 5.75 Å². The van der Waals surface area contributed by atoms with E-state index in [9.17, 15) is 4.79 Å². The van der Waals surface area contributed by atoms with Crippen molar-refractivity contribution >= 4 is 28.4 Å². The maximum Gasteiger partial charge on any atom is 0.231 e. The maximum absolute atomic E-state index is 12.6. The van der Waals surface area contributed by atoms with E-state index < -0.39 is 0 Å². The van der Waals surface area contributed by atoms with E-state index in [2.05, 4.69) is 0 Å². The van der Waals surface area contributed by atoms with E-state index in [0.29, 0.717) is 21.9 Å². The normalized spacial score (nSPS) is 10.8. The minimum Gasteiger partial charge on any atom is -0.496 e. The summed E-state index contributed by atoms with van der Waals surface area (Å²) in [5, 5.41) is 1.29. The molecule has 0 saturated heterocycles. The molecular weight excluding hydrogens is 288 g/mol. The Bertz CT molecular complexity index is 833. The van der Waals surface area contributed by atoms with Gasteiger partial charge in [-0.25, -0.2) is 0 Å². The summed E-state index contributed by atoms with van der Waals surface area (Å²) in [6.45, 7) is 1.92. The number of carbonyl (C=O) groups is 1. The highest BCUT2D eigenvalue weighted by Crippen LogP contribution is 2.29. The molecule has 0 amide bonds. The lowest BCUT2D eigenvalue weighted by Gasteiger charge is -2.07. The summed E-state index contributed by atoms with van der Waals surface area (Å²) in [5.74, 6) is 0.557. The van der Waals surface area contributed by atoms with Crippen molar-refractivity contribution < 1.29 is 13.9 Å². The van der Waals surface area contributed by atoms with E-state index in [1.54, 1.807) is 24.3 Å². The molecule has 0 atom stereocenters. The molecule has 106 valence electrons. The van der Waals surface area contributed by atoms with Gasteiger partial charge in [0, 0.05) is 5.39 Å². The average molecular weight is 301 g/mol. The van der Waals surface area contributed by atoms with E-state index in [0.717, 1.165) is 10.9 Å². The minimum atomic E-state index is -0.220. The predicted octanol–water partition coefficient (Wildman–Crippen LogP) is 4.63. The standard InChI is InChI=1S/C17H13ClO3/c1-10-6-7-14(20-2)12(8-10)16(19)15-9-11-4-3-5-13(18)17(11)21-15/h3-9H,1-2H3. The van der Waals surface area contributed by atoms with Crippen LogP contribution in [-0.4, -0.2) is 12.9 Å². The first kappa shape index (κ1) is 13.7. The second-order valence-corrected chi connectivity index (χ2v) is 5.21. The van der Waals surface area contributed by atoms with Gasteiger partial charge >= 0.3 is 0 Å². The van der Waals surface area contributed by atoms with Gasteiger partial charge in [0.15, 0.2) is 11.3 Å². The highest BCUT2D eigenvalue weighted by Gasteiger charge is 2.19. The number of hydrogen-bond donors (Lipinski definition) is 0. The number of ether oxygens (including phenoxy) is 1. The highest BCUT2D eigenvalue weighted by atomic mass is 35.5. The summed E-state index contributed by atoms with van der Waals surface area (Å²) in [6.07, 6.45) is 0. The molecule has 0 spiro atoms. The Kier molecular flexibility index (Phi) is 3.43. The topological polar surface area (TPSA) is 39.4 Å². The van der Waals surface area contributed by atoms with Gasteiger partial charge in [-0.1, -0.05) is 35.4 Å². The third-order valence-electron chi connectivity index (χ3n) is 3.32. The molecule has 0 radical (unpaired) electrons. The smallest absolute Gasteiger partial charge is 0.231 e. The van der Waals surface area contributed by atoms with Gasteiger partial charge in [-0.3, -0.25) is 4.79 Å². The SMILES string of the molecule is COc1ccc(C)cc1C(=O)c1cc2cccc(Cl)c2o1. The predicted molar refractivity (Wildman–Crippen MR) is 82.4 cm³/mol. The summed E-state index contributed by atoms with van der Waals surface area (Å²) >= 11 is 6.08. The van der Waals surface area contributed by atoms with E-state index in [-0.39, 0.29) is 11.5 Å². The first-order chi connectivity index (χ1) is 10.1. The van der Waals surface area contributed by atoms with Gasteiger partial charge < -0.3 is 9.15 Å². The molecule has 4 heteroatoms. The molecule has 3 rings (SSSR count). The number of furan rings is 1. The molecule has 0 aliphatic carbocycles. The number of ketones is 1. The van der Waals surface area contributed by atoms with Crippen LogP contribution < -0.4 is 4.74 Å². The summed E-state index contributed by atoms with van der Waals surface area (Å²) in [5.41, 5.74) is 1.98. The van der Waals surface area contributed by atoms with Crippen molar-refractivity contribution in [3.05, 3.63) is 64.4 Å². The molecular formula is C17H13ClO3. The fourth-order valence-electron chi connectivity index (χ4n) is 2.27. The van der Waals surface area contributed by atoms with Crippen LogP contribution in [0.3, 0.4) is 0 Å². The van der Waals surface area contributed by atoms with Crippen molar-refractivity contribution in [2.45, 2.75) is 6.92 Å². The summed E-state index contributed by atoms with van der Waals surface area (Å²) < 4.78 is 10.9. The largest absolute Gasteiger partial charge is 0.496 e. The molecule has 0 fully saturated rings. The first-order valence-electron chi connectivity index (χ1n) is 6.47. The number of methoxy groups -OCH3 is 1. The molecule has 0 aliphatic rings. The molecule has 0 N–H and O–H groups in total. The Labute approximate surface area is 127 Å². The molecule has 3 aromatic rings. The fourth-order valence-corrected chi connectivity index (χ4v) is 2.49. The Morgan fingerprint density at radius 2 is 2.00 bits per heavy atom. The number of fused-ring (bicyclic) bond motifs is 1. The van der Waals surface area contributed by atoms with Crippen LogP contribution in [0.2, 0.25) is 5.02 Å². The van der Waals surface area contributed by atoms with Crippen molar-refractivity contribution in [2.75, 3.05) is 7.11 Å². The van der Waals surface area contributed by atoms with E-state index in [1.807, 2.05) is 25.1 Å². The number of benzene rings is 2. The van der Waals surface area contributed by atoms with Crippen LogP contribution in [0.5, 0.6) is 5.75 Å². The molecule has 1 aromatic heterocycles. The van der Waals surface area contributed by atoms with Gasteiger partial charge in [-0.2, -0.15) is 0 Å². The van der Waals surface area contributed by atoms with E-state index >= 15 is 0 Å². The van der Waals surface area contributed by atoms with Crippen LogP contribution in [0.4, 0.5) is 0 Å². The van der Waals surface area contributed by atoms with Crippen LogP contribution >= 0.6 is 11.6 Å². The Hall–Kier alpha value is -2.26. The van der Waals surface area contributed by atoms with Crippen molar-refractivity contribution in [2.24, 2.45) is 0 Å². The Morgan fingerprint density at radius 3 is 2.71 bits per heavy atom. The van der Waals surface area contributed by atoms with Gasteiger partial charge in [-0.15, -0.1) is 0 Å². The number of halogens is 1. The van der Waals surface area contributed by atoms with Crippen LogP contribution in [0, 0.1) is 6.92 Å². The van der Waals surface area contributed by atoms with Crippen molar-refractivity contribution in [3.63, 3.8) is 0 Å². The average Bonchev–Trinajstić information content (AvgIpc) is 2.92. The van der Waals surface area contributed by atoms with Gasteiger partial charge in [0.05, 0.1) is 17.7 Å². The van der Waals surface area contributed by atoms with Crippen LogP contribution in [-0.2, 0) is 0 Å². The molecule has 1 heterocycles. The summed E-state index contributed by atoms with van der Waals surface area (Å²) in [4.78, 5) is 12.6. The molecule has 0 bridgehead atoms. The third-order valence-corrected chi connectivity index (χ3v) is 3.62. The zero-order valence-corrected chi connectivity index (χ0v) is 12.4. The van der Waals surface area contributed by atoms with Crippen molar-refractivity contribution in [1.29, 1.82) is 0 Å². The van der Waals surface area contributed by atoms with Gasteiger partial charge in [0.1, 0.15) is 5.75 Å². The zero-order valence-electron chi connectivity index (χ0n) is 11.6. The van der Waals surface area contributed by atoms with Crippen LogP contribution in [0.1, 0.15) is 21.7 Å². The first-order valence-corrected chi connectivity index (χ1v) is 6.85. The van der Waals surface area contributed by atoms with E-state index in [4.69, 9.17) is 20.8 Å². The minimum absolute atomic E-state index is 0.220. The van der Waals surface area contributed by atoms with Crippen molar-refractivity contribution in [1.82, 2.24) is 0 Å². The molecule has 3 nitrogen and oxygen atoms in total. The molecule has 0 unspecified atom stereocenters. The highest BCUT2D eigenvalue weighted by molar-refractivity contribution is 6.35. The molecule has 0 saturated carbocycles. The molecule has 2 aromatic carbocycles.